The van der Waals surface area contributed by atoms with Crippen molar-refractivity contribution in [2.24, 2.45) is 0 Å². The molecule has 2 aromatic carbocycles. The number of carbonyl (C=O) groups is 2. The summed E-state index contributed by atoms with van der Waals surface area (Å²) in [6, 6.07) is 14.6. The zero-order valence-electron chi connectivity index (χ0n) is 27.3. The fourth-order valence-corrected chi connectivity index (χ4v) is 7.24. The third-order valence-electron chi connectivity index (χ3n) is 8.82. The molecule has 1 aliphatic heterocycles. The molecule has 2 fully saturated rings. The number of halogens is 1. The number of para-hydroxylation sites is 1. The topological polar surface area (TPSA) is 129 Å². The van der Waals surface area contributed by atoms with Crippen LogP contribution in [0.2, 0.25) is 0 Å². The molecule has 10 nitrogen and oxygen atoms in total. The number of thiazole rings is 1. The largest absolute Gasteiger partial charge is 0.507 e. The molecule has 1 saturated carbocycles. The molecular formula is C36H41FN6O4S. The summed E-state index contributed by atoms with van der Waals surface area (Å²) in [5.41, 5.74) is 2.64. The van der Waals surface area contributed by atoms with Crippen molar-refractivity contribution < 1.29 is 23.8 Å². The maximum absolute atomic E-state index is 14.3. The fraction of sp³-hybridized carbons (Fsp3) is 0.389. The van der Waals surface area contributed by atoms with Gasteiger partial charge in [-0.2, -0.15) is 0 Å². The smallest absolute Gasteiger partial charge is 0.270 e. The molecule has 0 bridgehead atoms. The minimum Gasteiger partial charge on any atom is -0.507 e. The summed E-state index contributed by atoms with van der Waals surface area (Å²) < 4.78 is 20.4. The van der Waals surface area contributed by atoms with Crippen LogP contribution in [0, 0.1) is 12.7 Å². The second kappa shape index (κ2) is 14.8. The van der Waals surface area contributed by atoms with Gasteiger partial charge in [0.15, 0.2) is 0 Å². The van der Waals surface area contributed by atoms with Crippen molar-refractivity contribution in [3.63, 3.8) is 0 Å². The van der Waals surface area contributed by atoms with Crippen LogP contribution in [0.5, 0.6) is 17.4 Å². The Morgan fingerprint density at radius 1 is 1.02 bits per heavy atom. The summed E-state index contributed by atoms with van der Waals surface area (Å²) in [5.74, 6) is -0.750. The van der Waals surface area contributed by atoms with Crippen molar-refractivity contribution in [1.29, 1.82) is 0 Å². The van der Waals surface area contributed by atoms with E-state index in [0.29, 0.717) is 61.3 Å². The number of amides is 2. The van der Waals surface area contributed by atoms with Crippen LogP contribution in [0.15, 0.2) is 60.1 Å². The predicted molar refractivity (Wildman–Crippen MR) is 183 cm³/mol. The van der Waals surface area contributed by atoms with Gasteiger partial charge in [0.1, 0.15) is 28.6 Å². The van der Waals surface area contributed by atoms with Crippen LogP contribution in [0.4, 0.5) is 4.39 Å². The maximum Gasteiger partial charge on any atom is 0.270 e. The number of ether oxygens (including phenoxy) is 1. The number of rotatable bonds is 9. The van der Waals surface area contributed by atoms with Crippen LogP contribution in [0.25, 0.3) is 11.1 Å². The molecule has 4 aromatic rings. The monoisotopic (exact) mass is 672 g/mol. The molecule has 0 radical (unpaired) electrons. The Morgan fingerprint density at radius 2 is 1.71 bits per heavy atom. The van der Waals surface area contributed by atoms with E-state index in [-0.39, 0.29) is 35.2 Å². The van der Waals surface area contributed by atoms with Gasteiger partial charge in [0.05, 0.1) is 11.2 Å². The zero-order valence-corrected chi connectivity index (χ0v) is 28.1. The molecule has 0 spiro atoms. The first-order chi connectivity index (χ1) is 23.1. The van der Waals surface area contributed by atoms with Crippen molar-refractivity contribution in [3.05, 3.63) is 87.8 Å². The Kier molecular flexibility index (Phi) is 10.3. The molecule has 2 amide bonds. The highest BCUT2D eigenvalue weighted by Gasteiger charge is 2.27. The maximum atomic E-state index is 14.3. The highest BCUT2D eigenvalue weighted by molar-refractivity contribution is 7.09. The number of aromatic hydroxyl groups is 1. The molecule has 0 unspecified atom stereocenters. The van der Waals surface area contributed by atoms with Crippen molar-refractivity contribution >= 4 is 23.2 Å². The Hall–Kier alpha value is -4.39. The van der Waals surface area contributed by atoms with Gasteiger partial charge in [0.2, 0.25) is 5.88 Å². The first-order valence-corrected chi connectivity index (χ1v) is 17.3. The van der Waals surface area contributed by atoms with Gasteiger partial charge in [-0.05, 0) is 70.2 Å². The van der Waals surface area contributed by atoms with E-state index in [0.717, 1.165) is 41.5 Å². The third kappa shape index (κ3) is 8.18. The number of phenolic OH excluding ortho intramolecular Hbond substituents is 1. The number of hydrogen-bond acceptors (Lipinski definition) is 9. The predicted octanol–water partition coefficient (Wildman–Crippen LogP) is 5.80. The number of aryl methyl sites for hydroxylation is 1. The van der Waals surface area contributed by atoms with Crippen LogP contribution in [0.3, 0.4) is 0 Å². The molecule has 2 aromatic heterocycles. The van der Waals surface area contributed by atoms with E-state index in [1.807, 2.05) is 31.2 Å². The highest BCUT2D eigenvalue weighted by Crippen LogP contribution is 2.36. The molecular weight excluding hydrogens is 631 g/mol. The lowest BCUT2D eigenvalue weighted by atomic mass is 9.91. The summed E-state index contributed by atoms with van der Waals surface area (Å²) in [6.07, 6.45) is 3.71. The van der Waals surface area contributed by atoms with E-state index >= 15 is 0 Å². The van der Waals surface area contributed by atoms with E-state index in [2.05, 4.69) is 44.7 Å². The molecule has 2 aliphatic rings. The number of benzene rings is 2. The summed E-state index contributed by atoms with van der Waals surface area (Å²) >= 11 is 1.43. The lowest BCUT2D eigenvalue weighted by Crippen LogP contribution is -2.53. The van der Waals surface area contributed by atoms with E-state index in [4.69, 9.17) is 4.74 Å². The number of nitrogens with zero attached hydrogens (tertiary/aromatic N) is 3. The highest BCUT2D eigenvalue weighted by atomic mass is 32.1. The summed E-state index contributed by atoms with van der Waals surface area (Å²) in [4.78, 5) is 36.6. The summed E-state index contributed by atoms with van der Waals surface area (Å²) in [6.45, 7) is 8.60. The van der Waals surface area contributed by atoms with Crippen LogP contribution in [-0.4, -0.2) is 69.0 Å². The molecule has 48 heavy (non-hydrogen) atoms. The lowest BCUT2D eigenvalue weighted by molar-refractivity contribution is 0.0888. The molecule has 1 saturated heterocycles. The summed E-state index contributed by atoms with van der Waals surface area (Å²) in [5, 5.41) is 23.4. The zero-order chi connectivity index (χ0) is 33.8. The van der Waals surface area contributed by atoms with Gasteiger partial charge >= 0.3 is 0 Å². The number of pyridine rings is 1. The van der Waals surface area contributed by atoms with Gasteiger partial charge in [-0.1, -0.05) is 30.3 Å². The lowest BCUT2D eigenvalue weighted by Gasteiger charge is -2.36. The van der Waals surface area contributed by atoms with E-state index in [9.17, 15) is 19.1 Å². The second-order valence-electron chi connectivity index (χ2n) is 12.9. The molecule has 252 valence electrons. The average molecular weight is 673 g/mol. The third-order valence-corrected chi connectivity index (χ3v) is 9.59. The molecule has 1 aliphatic carbocycles. The number of nitrogens with one attached hydrogen (secondary N) is 3. The molecule has 2 atom stereocenters. The van der Waals surface area contributed by atoms with Crippen LogP contribution in [-0.2, 0) is 6.54 Å². The molecule has 12 heteroatoms. The standard InChI is InChI=1S/C36H41FN6O4S/c1-21-17-43(18-22(2)39-21)19-25-7-5-9-30(33(25)44)24-6-4-8-29(14-24)47-36-31(15-26(37)16-38-36)34(45)41-27-10-12-28(13-11-27)42-35(46)32-20-48-23(3)40-32/h4-9,14-16,20-22,27-28,39,44H,10-13,17-19H2,1-3H3,(H,41,45)(H,42,46)/t21-,22+,27?,28?. The fourth-order valence-electron chi connectivity index (χ4n) is 6.64. The molecule has 3 heterocycles. The van der Waals surface area contributed by atoms with Crippen LogP contribution >= 0.6 is 11.3 Å². The molecule has 4 N–H and O–H groups in total. The first-order valence-electron chi connectivity index (χ1n) is 16.4. The number of aromatic nitrogens is 2. The number of hydrogen-bond donors (Lipinski definition) is 4. The van der Waals surface area contributed by atoms with Crippen LogP contribution < -0.4 is 20.7 Å². The Balaban J connectivity index is 1.11. The minimum absolute atomic E-state index is 0.00994. The number of piperazine rings is 1. The first kappa shape index (κ1) is 33.5. The van der Waals surface area contributed by atoms with E-state index in [1.165, 1.54) is 11.3 Å². The van der Waals surface area contributed by atoms with Crippen molar-refractivity contribution in [1.82, 2.24) is 30.8 Å². The SMILES string of the molecule is Cc1nc(C(=O)NC2CCC(NC(=O)c3cc(F)cnc3Oc3cccc(-c4cccc(CN5C[C@@H](C)N[C@@H](C)C5)c4O)c3)CC2)cs1. The van der Waals surface area contributed by atoms with Crippen molar-refractivity contribution in [3.8, 4) is 28.5 Å². The van der Waals surface area contributed by atoms with Gasteiger partial charge in [-0.15, -0.1) is 11.3 Å². The van der Waals surface area contributed by atoms with Gasteiger partial charge in [-0.3, -0.25) is 14.5 Å². The number of phenols is 1. The Bertz CT molecular complexity index is 1760. The quantitative estimate of drug-likeness (QED) is 0.176. The second-order valence-corrected chi connectivity index (χ2v) is 13.9. The van der Waals surface area contributed by atoms with Crippen molar-refractivity contribution in [2.45, 2.75) is 77.2 Å². The van der Waals surface area contributed by atoms with Gasteiger partial charge in [0, 0.05) is 60.3 Å². The molecule has 6 rings (SSSR count). The average Bonchev–Trinajstić information content (AvgIpc) is 3.50. The van der Waals surface area contributed by atoms with E-state index in [1.54, 1.807) is 23.6 Å². The Morgan fingerprint density at radius 3 is 2.40 bits per heavy atom. The number of carbonyl (C=O) groups excluding carboxylic acids is 2. The van der Waals surface area contributed by atoms with Gasteiger partial charge in [0.25, 0.3) is 11.8 Å². The van der Waals surface area contributed by atoms with E-state index < -0.39 is 11.7 Å². The van der Waals surface area contributed by atoms with Gasteiger partial charge in [-0.25, -0.2) is 14.4 Å². The van der Waals surface area contributed by atoms with Crippen LogP contribution in [0.1, 0.15) is 70.9 Å². The minimum atomic E-state index is -0.653. The Labute approximate surface area is 283 Å². The van der Waals surface area contributed by atoms with Crippen molar-refractivity contribution in [2.75, 3.05) is 13.1 Å². The van der Waals surface area contributed by atoms with Gasteiger partial charge < -0.3 is 25.8 Å². The summed E-state index contributed by atoms with van der Waals surface area (Å²) in [7, 11) is 0. The normalized spacial score (nSPS) is 21.4.